The summed E-state index contributed by atoms with van der Waals surface area (Å²) in [6, 6.07) is 13.7. The van der Waals surface area contributed by atoms with Crippen molar-refractivity contribution in [2.75, 3.05) is 20.8 Å². The number of ether oxygens (including phenoxy) is 3. The first-order valence-corrected chi connectivity index (χ1v) is 19.9. The zero-order valence-corrected chi connectivity index (χ0v) is 31.7. The van der Waals surface area contributed by atoms with Gasteiger partial charge >= 0.3 is 5.97 Å². The summed E-state index contributed by atoms with van der Waals surface area (Å²) in [6.45, 7) is 2.56. The standard InChI is InChI=1S/C40H55N3O8S/c1-4-5-6-7-8-9-10-11-12-13-14-15-16-17-38(44)51-30-34-22-19-33(29-42-34)40(46)43-52(47,48)35-23-20-32(21-24-35)39(45)41-27-26-31-18-25-36(49-2)37(28-31)50-3/h18-25,28-29H,4-17,26-27,30H2,1-3H3,(H,41,45)(H,43,46). The Kier molecular flexibility index (Phi) is 18.7. The Labute approximate surface area is 309 Å². The van der Waals surface area contributed by atoms with Gasteiger partial charge in [-0.1, -0.05) is 90.0 Å². The van der Waals surface area contributed by atoms with E-state index in [9.17, 15) is 22.8 Å². The van der Waals surface area contributed by atoms with Crippen LogP contribution in [0.2, 0.25) is 0 Å². The molecule has 2 amide bonds. The summed E-state index contributed by atoms with van der Waals surface area (Å²) in [4.78, 5) is 41.5. The number of hydrogen-bond donors (Lipinski definition) is 2. The van der Waals surface area contributed by atoms with E-state index in [1.54, 1.807) is 20.3 Å². The lowest BCUT2D eigenvalue weighted by Gasteiger charge is -2.10. The van der Waals surface area contributed by atoms with Crippen LogP contribution in [0.25, 0.3) is 0 Å². The van der Waals surface area contributed by atoms with Gasteiger partial charge in [0.15, 0.2) is 11.5 Å². The normalized spacial score (nSPS) is 11.1. The van der Waals surface area contributed by atoms with Gasteiger partial charge in [-0.2, -0.15) is 0 Å². The number of sulfonamides is 1. The molecule has 0 bridgehead atoms. The number of aromatic nitrogens is 1. The summed E-state index contributed by atoms with van der Waals surface area (Å²) in [7, 11) is -1.11. The van der Waals surface area contributed by atoms with Gasteiger partial charge in [0, 0.05) is 24.7 Å². The summed E-state index contributed by atoms with van der Waals surface area (Å²) < 4.78 is 43.6. The number of unbranched alkanes of at least 4 members (excludes halogenated alkanes) is 12. The lowest BCUT2D eigenvalue weighted by molar-refractivity contribution is -0.145. The smallest absolute Gasteiger partial charge is 0.306 e. The van der Waals surface area contributed by atoms with Crippen molar-refractivity contribution in [1.29, 1.82) is 0 Å². The first-order valence-electron chi connectivity index (χ1n) is 18.4. The van der Waals surface area contributed by atoms with Crippen molar-refractivity contribution in [3.63, 3.8) is 0 Å². The average molecular weight is 738 g/mol. The third-order valence-corrected chi connectivity index (χ3v) is 10.1. The lowest BCUT2D eigenvalue weighted by atomic mass is 10.0. The van der Waals surface area contributed by atoms with Gasteiger partial charge in [-0.05, 0) is 66.9 Å². The molecule has 284 valence electrons. The first kappa shape index (κ1) is 42.0. The second-order valence-corrected chi connectivity index (χ2v) is 14.5. The number of esters is 1. The van der Waals surface area contributed by atoms with E-state index in [0.29, 0.717) is 36.6 Å². The van der Waals surface area contributed by atoms with Crippen LogP contribution in [0.1, 0.15) is 129 Å². The van der Waals surface area contributed by atoms with Crippen molar-refractivity contribution in [2.45, 2.75) is 115 Å². The maximum absolute atomic E-state index is 12.9. The first-order chi connectivity index (χ1) is 25.2. The molecule has 3 aromatic rings. The molecule has 2 N–H and O–H groups in total. The number of pyridine rings is 1. The number of benzene rings is 2. The van der Waals surface area contributed by atoms with Crippen LogP contribution in [-0.2, 0) is 32.6 Å². The molecule has 0 aliphatic rings. The van der Waals surface area contributed by atoms with Gasteiger partial charge in [-0.25, -0.2) is 13.1 Å². The van der Waals surface area contributed by atoms with Crippen molar-refractivity contribution in [2.24, 2.45) is 0 Å². The van der Waals surface area contributed by atoms with Gasteiger partial charge in [0.05, 0.1) is 30.4 Å². The predicted octanol–water partition coefficient (Wildman–Crippen LogP) is 7.71. The molecule has 0 fully saturated rings. The van der Waals surface area contributed by atoms with E-state index in [0.717, 1.165) is 24.8 Å². The Morgan fingerprint density at radius 2 is 1.29 bits per heavy atom. The zero-order valence-electron chi connectivity index (χ0n) is 30.9. The molecule has 12 heteroatoms. The van der Waals surface area contributed by atoms with Crippen molar-refractivity contribution >= 4 is 27.8 Å². The molecule has 11 nitrogen and oxygen atoms in total. The number of nitrogens with zero attached hydrogens (tertiary/aromatic N) is 1. The highest BCUT2D eigenvalue weighted by molar-refractivity contribution is 7.90. The Bertz CT molecular complexity index is 1640. The van der Waals surface area contributed by atoms with E-state index in [1.165, 1.54) is 107 Å². The van der Waals surface area contributed by atoms with Crippen LogP contribution < -0.4 is 19.5 Å². The van der Waals surface area contributed by atoms with E-state index in [4.69, 9.17) is 14.2 Å². The number of amides is 2. The van der Waals surface area contributed by atoms with E-state index >= 15 is 0 Å². The minimum absolute atomic E-state index is 0.0242. The molecule has 2 aromatic carbocycles. The molecular weight excluding hydrogens is 683 g/mol. The number of hydrogen-bond acceptors (Lipinski definition) is 9. The maximum Gasteiger partial charge on any atom is 0.306 e. The van der Waals surface area contributed by atoms with Crippen LogP contribution in [0.15, 0.2) is 65.7 Å². The fourth-order valence-electron chi connectivity index (χ4n) is 5.64. The number of carbonyl (C=O) groups is 3. The van der Waals surface area contributed by atoms with Crippen molar-refractivity contribution in [3.05, 3.63) is 83.2 Å². The van der Waals surface area contributed by atoms with Gasteiger partial charge in [0.1, 0.15) is 6.61 Å². The highest BCUT2D eigenvalue weighted by Gasteiger charge is 2.20. The Morgan fingerprint density at radius 3 is 1.87 bits per heavy atom. The summed E-state index contributed by atoms with van der Waals surface area (Å²) in [5, 5.41) is 2.81. The largest absolute Gasteiger partial charge is 0.493 e. The van der Waals surface area contributed by atoms with Gasteiger partial charge in [-0.3, -0.25) is 19.4 Å². The van der Waals surface area contributed by atoms with Crippen molar-refractivity contribution < 1.29 is 37.0 Å². The molecule has 0 aliphatic carbocycles. The number of rotatable bonds is 25. The fourth-order valence-corrected chi connectivity index (χ4v) is 6.62. The molecule has 0 saturated carbocycles. The van der Waals surface area contributed by atoms with Crippen molar-refractivity contribution in [3.8, 4) is 11.5 Å². The second kappa shape index (κ2) is 23.2. The second-order valence-electron chi connectivity index (χ2n) is 12.8. The third kappa shape index (κ3) is 15.0. The molecule has 1 aromatic heterocycles. The SMILES string of the molecule is CCCCCCCCCCCCCCCC(=O)OCc1ccc(C(=O)NS(=O)(=O)c2ccc(C(=O)NCCc3ccc(OC)c(OC)c3)cc2)cn1. The molecule has 0 spiro atoms. The molecule has 0 atom stereocenters. The highest BCUT2D eigenvalue weighted by atomic mass is 32.2. The lowest BCUT2D eigenvalue weighted by Crippen LogP contribution is -2.31. The average Bonchev–Trinajstić information content (AvgIpc) is 3.15. The summed E-state index contributed by atoms with van der Waals surface area (Å²) >= 11 is 0. The van der Waals surface area contributed by atoms with Gasteiger partial charge in [-0.15, -0.1) is 0 Å². The quantitative estimate of drug-likeness (QED) is 0.0658. The minimum atomic E-state index is -4.22. The molecule has 0 unspecified atom stereocenters. The van der Waals surface area contributed by atoms with Gasteiger partial charge < -0.3 is 19.5 Å². The van der Waals surface area contributed by atoms with Crippen molar-refractivity contribution in [1.82, 2.24) is 15.0 Å². The van der Waals surface area contributed by atoms with Crippen LogP contribution in [-0.4, -0.2) is 51.9 Å². The maximum atomic E-state index is 12.9. The van der Waals surface area contributed by atoms with E-state index in [1.807, 2.05) is 16.9 Å². The molecule has 0 saturated heterocycles. The minimum Gasteiger partial charge on any atom is -0.493 e. The molecule has 0 radical (unpaired) electrons. The van der Waals surface area contributed by atoms with E-state index in [2.05, 4.69) is 17.2 Å². The monoisotopic (exact) mass is 737 g/mol. The van der Waals surface area contributed by atoms with E-state index in [-0.39, 0.29) is 34.5 Å². The molecule has 52 heavy (non-hydrogen) atoms. The van der Waals surface area contributed by atoms with Crippen LogP contribution in [0.3, 0.4) is 0 Å². The summed E-state index contributed by atoms with van der Waals surface area (Å²) in [5.74, 6) is -0.325. The van der Waals surface area contributed by atoms with Crippen LogP contribution in [0.4, 0.5) is 0 Å². The molecule has 0 aliphatic heterocycles. The van der Waals surface area contributed by atoms with Crippen LogP contribution >= 0.6 is 0 Å². The molecule has 1 heterocycles. The van der Waals surface area contributed by atoms with Crippen LogP contribution in [0.5, 0.6) is 11.5 Å². The topological polar surface area (TPSA) is 150 Å². The van der Waals surface area contributed by atoms with E-state index < -0.39 is 15.9 Å². The highest BCUT2D eigenvalue weighted by Crippen LogP contribution is 2.27. The Balaban J connectivity index is 1.32. The van der Waals surface area contributed by atoms with Gasteiger partial charge in [0.2, 0.25) is 0 Å². The van der Waals surface area contributed by atoms with Crippen LogP contribution in [0, 0.1) is 0 Å². The molecule has 3 rings (SSSR count). The number of methoxy groups -OCH3 is 2. The summed E-state index contributed by atoms with van der Waals surface area (Å²) in [6.07, 6.45) is 18.2. The van der Waals surface area contributed by atoms with Gasteiger partial charge in [0.25, 0.3) is 21.8 Å². The Morgan fingerprint density at radius 1 is 0.692 bits per heavy atom. The zero-order chi connectivity index (χ0) is 37.6. The predicted molar refractivity (Wildman–Crippen MR) is 201 cm³/mol. The number of nitrogens with one attached hydrogen (secondary N) is 2. The number of carbonyl (C=O) groups excluding carboxylic acids is 3. The Hall–Kier alpha value is -4.45. The summed E-state index contributed by atoms with van der Waals surface area (Å²) in [5.41, 5.74) is 1.67. The fraction of sp³-hybridized carbons (Fsp3) is 0.500. The molecular formula is C40H55N3O8S. The third-order valence-electron chi connectivity index (χ3n) is 8.75.